The second-order valence-electron chi connectivity index (χ2n) is 7.10. The zero-order valence-corrected chi connectivity index (χ0v) is 16.3. The number of halogens is 2. The summed E-state index contributed by atoms with van der Waals surface area (Å²) in [6, 6.07) is -0.577. The molecule has 4 rings (SSSR count). The topological polar surface area (TPSA) is 82.2 Å². The Labute approximate surface area is 167 Å². The summed E-state index contributed by atoms with van der Waals surface area (Å²) in [4.78, 5) is 22.9. The molecule has 0 aromatic carbocycles. The molecule has 7 nitrogen and oxygen atoms in total. The Morgan fingerprint density at radius 1 is 1.32 bits per heavy atom. The number of likely N-dealkylation sites (tertiary alicyclic amines) is 1. The van der Waals surface area contributed by atoms with E-state index < -0.39 is 11.9 Å². The summed E-state index contributed by atoms with van der Waals surface area (Å²) in [7, 11) is 0. The molecule has 1 aromatic heterocycles. The van der Waals surface area contributed by atoms with Gasteiger partial charge in [-0.2, -0.15) is 0 Å². The van der Waals surface area contributed by atoms with E-state index in [0.717, 1.165) is 49.7 Å². The predicted molar refractivity (Wildman–Crippen MR) is 106 cm³/mol. The smallest absolute Gasteiger partial charge is 0.244 e. The fraction of sp³-hybridized carbons (Fsp3) is 0.421. The molecule has 1 saturated heterocycles. The average molecular weight is 405 g/mol. The van der Waals surface area contributed by atoms with E-state index in [4.69, 9.17) is 11.6 Å². The summed E-state index contributed by atoms with van der Waals surface area (Å²) in [6.45, 7) is 3.22. The number of piperidine rings is 1. The van der Waals surface area contributed by atoms with Crippen molar-refractivity contribution in [2.45, 2.75) is 38.4 Å². The van der Waals surface area contributed by atoms with Crippen LogP contribution in [0, 0.1) is 5.82 Å². The van der Waals surface area contributed by atoms with Crippen LogP contribution in [0.1, 0.15) is 32.0 Å². The van der Waals surface area contributed by atoms with E-state index in [-0.39, 0.29) is 17.9 Å². The number of anilines is 1. The van der Waals surface area contributed by atoms with Crippen LogP contribution < -0.4 is 16.0 Å². The molecule has 1 unspecified atom stereocenters. The number of hydrogen-bond acceptors (Lipinski definition) is 6. The molecular weight excluding hydrogens is 383 g/mol. The lowest BCUT2D eigenvalue weighted by Crippen LogP contribution is -2.44. The fourth-order valence-corrected chi connectivity index (χ4v) is 3.77. The number of amides is 1. The Kier molecular flexibility index (Phi) is 5.21. The van der Waals surface area contributed by atoms with E-state index in [9.17, 15) is 9.18 Å². The Hall–Kier alpha value is -2.61. The Balaban J connectivity index is 1.53. The number of allylic oxidation sites excluding steroid dienone is 2. The van der Waals surface area contributed by atoms with Gasteiger partial charge in [0.1, 0.15) is 12.2 Å². The van der Waals surface area contributed by atoms with Gasteiger partial charge in [0.15, 0.2) is 17.5 Å². The molecule has 3 aliphatic rings. The number of hydrogen-bond donors (Lipinski definition) is 3. The summed E-state index contributed by atoms with van der Waals surface area (Å²) in [5, 5.41) is 9.76. The Morgan fingerprint density at radius 2 is 2.07 bits per heavy atom. The Morgan fingerprint density at radius 3 is 2.86 bits per heavy atom. The number of nitrogens with zero attached hydrogens (tertiary/aromatic N) is 3. The zero-order chi connectivity index (χ0) is 19.7. The third-order valence-electron chi connectivity index (χ3n) is 5.07. The van der Waals surface area contributed by atoms with Gasteiger partial charge < -0.3 is 20.9 Å². The monoisotopic (exact) mass is 404 g/mol. The van der Waals surface area contributed by atoms with Crippen molar-refractivity contribution in [3.05, 3.63) is 46.9 Å². The first-order valence-electron chi connectivity index (χ1n) is 9.41. The maximum Gasteiger partial charge on any atom is 0.244 e. The van der Waals surface area contributed by atoms with Crippen molar-refractivity contribution < 1.29 is 9.18 Å². The molecule has 1 aromatic rings. The number of carbonyl (C=O) groups excluding carboxylic acids is 1. The third-order valence-corrected chi connectivity index (χ3v) is 5.29. The molecule has 3 N–H and O–H groups in total. The van der Waals surface area contributed by atoms with Gasteiger partial charge in [0.2, 0.25) is 5.91 Å². The van der Waals surface area contributed by atoms with Crippen LogP contribution in [0.15, 0.2) is 35.3 Å². The minimum Gasteiger partial charge on any atom is -0.367 e. The van der Waals surface area contributed by atoms with Crippen molar-refractivity contribution in [2.75, 3.05) is 18.4 Å². The minimum atomic E-state index is -0.598. The average Bonchev–Trinajstić information content (AvgIpc) is 3.12. The highest BCUT2D eigenvalue weighted by Crippen LogP contribution is 2.31. The zero-order valence-electron chi connectivity index (χ0n) is 15.5. The lowest BCUT2D eigenvalue weighted by Gasteiger charge is -2.29. The summed E-state index contributed by atoms with van der Waals surface area (Å²) >= 11 is 6.08. The van der Waals surface area contributed by atoms with Gasteiger partial charge in [-0.05, 0) is 32.3 Å². The second-order valence-corrected chi connectivity index (χ2v) is 7.53. The quantitative estimate of drug-likeness (QED) is 0.714. The first kappa shape index (κ1) is 18.7. The highest BCUT2D eigenvalue weighted by Gasteiger charge is 2.28. The molecule has 1 fully saturated rings. The highest BCUT2D eigenvalue weighted by molar-refractivity contribution is 6.31. The molecule has 0 saturated carbocycles. The van der Waals surface area contributed by atoms with Gasteiger partial charge in [0, 0.05) is 36.6 Å². The summed E-state index contributed by atoms with van der Waals surface area (Å²) in [5.41, 5.74) is 1.60. The number of dihydropyridines is 1. The molecular formula is C19H22ClFN6O. The number of fused-ring (bicyclic) bond motifs is 1. The van der Waals surface area contributed by atoms with Crippen molar-refractivity contribution in [3.8, 4) is 0 Å². The molecule has 0 bridgehead atoms. The van der Waals surface area contributed by atoms with Crippen LogP contribution in [0.2, 0.25) is 0 Å². The molecule has 4 heterocycles. The van der Waals surface area contributed by atoms with Crippen molar-refractivity contribution >= 4 is 28.9 Å². The molecule has 0 spiro atoms. The minimum absolute atomic E-state index is 0.0122. The largest absolute Gasteiger partial charge is 0.367 e. The van der Waals surface area contributed by atoms with Gasteiger partial charge in [-0.15, -0.1) is 0 Å². The van der Waals surface area contributed by atoms with Crippen molar-refractivity contribution in [2.24, 2.45) is 0 Å². The SMILES string of the molecule is C[C@@H](Nc1nc(C2=CNC3NC=C(Cl)C=C23)ncc1F)C(=O)N1CCCCC1. The Bertz CT molecular complexity index is 877. The van der Waals surface area contributed by atoms with Gasteiger partial charge in [0.25, 0.3) is 0 Å². The van der Waals surface area contributed by atoms with Gasteiger partial charge in [0.05, 0.1) is 11.2 Å². The molecule has 1 amide bonds. The van der Waals surface area contributed by atoms with E-state index in [1.807, 2.05) is 11.0 Å². The van der Waals surface area contributed by atoms with Crippen molar-refractivity contribution in [1.82, 2.24) is 25.5 Å². The predicted octanol–water partition coefficient (Wildman–Crippen LogP) is 2.31. The van der Waals surface area contributed by atoms with Crippen molar-refractivity contribution in [3.63, 3.8) is 0 Å². The van der Waals surface area contributed by atoms with Gasteiger partial charge in [-0.3, -0.25) is 4.79 Å². The second kappa shape index (κ2) is 7.79. The first-order valence-corrected chi connectivity index (χ1v) is 9.79. The van der Waals surface area contributed by atoms with E-state index >= 15 is 0 Å². The van der Waals surface area contributed by atoms with Crippen LogP contribution in [-0.4, -0.2) is 46.1 Å². The molecule has 0 aliphatic carbocycles. The summed E-state index contributed by atoms with van der Waals surface area (Å²) in [5.74, 6) is -0.273. The lowest BCUT2D eigenvalue weighted by atomic mass is 10.0. The number of rotatable bonds is 4. The number of aromatic nitrogens is 2. The van der Waals surface area contributed by atoms with Gasteiger partial charge in [-0.25, -0.2) is 14.4 Å². The molecule has 3 aliphatic heterocycles. The number of nitrogens with one attached hydrogen (secondary N) is 3. The van der Waals surface area contributed by atoms with E-state index in [2.05, 4.69) is 25.9 Å². The summed E-state index contributed by atoms with van der Waals surface area (Å²) < 4.78 is 14.3. The van der Waals surface area contributed by atoms with Crippen LogP contribution in [0.25, 0.3) is 5.57 Å². The summed E-state index contributed by atoms with van der Waals surface area (Å²) in [6.07, 6.45) is 9.44. The van der Waals surface area contributed by atoms with Gasteiger partial charge in [-0.1, -0.05) is 11.6 Å². The highest BCUT2D eigenvalue weighted by atomic mass is 35.5. The normalized spacial score (nSPS) is 22.2. The standard InChI is InChI=1S/C19H22ClFN6O/c1-11(19(28)27-5-3-2-4-6-27)25-18-15(21)10-24-17(26-18)14-9-23-16-13(14)7-12(20)8-22-16/h7-11,16,22-23H,2-6H2,1H3,(H,24,25,26)/t11-,16?/m1/s1. The fourth-order valence-electron chi connectivity index (χ4n) is 3.59. The molecule has 2 atom stereocenters. The van der Waals surface area contributed by atoms with Crippen molar-refractivity contribution in [1.29, 1.82) is 0 Å². The van der Waals surface area contributed by atoms with Crippen LogP contribution in [0.3, 0.4) is 0 Å². The van der Waals surface area contributed by atoms with Gasteiger partial charge >= 0.3 is 0 Å². The molecule has 9 heteroatoms. The van der Waals surface area contributed by atoms with Crippen LogP contribution >= 0.6 is 11.6 Å². The number of carbonyl (C=O) groups is 1. The molecule has 28 heavy (non-hydrogen) atoms. The van der Waals surface area contributed by atoms with Crippen LogP contribution in [0.5, 0.6) is 0 Å². The van der Waals surface area contributed by atoms with Crippen LogP contribution in [0.4, 0.5) is 10.2 Å². The first-order chi connectivity index (χ1) is 13.5. The maximum atomic E-state index is 14.3. The maximum absolute atomic E-state index is 14.3. The van der Waals surface area contributed by atoms with E-state index in [0.29, 0.717) is 10.9 Å². The van der Waals surface area contributed by atoms with E-state index in [1.54, 1.807) is 19.3 Å². The molecule has 0 radical (unpaired) electrons. The molecule has 148 valence electrons. The van der Waals surface area contributed by atoms with E-state index in [1.165, 1.54) is 0 Å². The lowest BCUT2D eigenvalue weighted by molar-refractivity contribution is -0.132. The van der Waals surface area contributed by atoms with Crippen LogP contribution in [-0.2, 0) is 4.79 Å². The third kappa shape index (κ3) is 3.69.